The quantitative estimate of drug-likeness (QED) is 0.707. The Morgan fingerprint density at radius 1 is 0.929 bits per heavy atom. The van der Waals surface area contributed by atoms with Gasteiger partial charge in [-0.3, -0.25) is 4.90 Å². The Morgan fingerprint density at radius 3 is 2.18 bits per heavy atom. The standard InChI is InChI=1S/C24H31NO3/c26-24(12-7-13-27-17-21-10-5-2-6-11-21)14-22-18-28-19-23(15-24)25(22)16-20-8-3-1-4-9-20/h1-6,8-11,22-23,26H,7,12-19H2. The normalized spacial score (nSPS) is 27.6. The van der Waals surface area contributed by atoms with Gasteiger partial charge < -0.3 is 14.6 Å². The minimum absolute atomic E-state index is 0.294. The molecule has 2 aromatic carbocycles. The maximum Gasteiger partial charge on any atom is 0.0716 e. The number of rotatable bonds is 8. The molecule has 2 aliphatic heterocycles. The zero-order chi connectivity index (χ0) is 19.2. The van der Waals surface area contributed by atoms with E-state index in [9.17, 15) is 5.11 Å². The summed E-state index contributed by atoms with van der Waals surface area (Å²) in [5.74, 6) is 0. The fourth-order valence-electron chi connectivity index (χ4n) is 4.67. The van der Waals surface area contributed by atoms with Crippen molar-refractivity contribution in [1.82, 2.24) is 4.90 Å². The van der Waals surface area contributed by atoms with Crippen molar-refractivity contribution in [3.8, 4) is 0 Å². The van der Waals surface area contributed by atoms with Gasteiger partial charge in [-0.05, 0) is 36.8 Å². The Balaban J connectivity index is 1.26. The number of fused-ring (bicyclic) bond motifs is 2. The van der Waals surface area contributed by atoms with Crippen LogP contribution in [0.5, 0.6) is 0 Å². The smallest absolute Gasteiger partial charge is 0.0716 e. The lowest BCUT2D eigenvalue weighted by atomic mass is 9.78. The highest BCUT2D eigenvalue weighted by atomic mass is 16.5. The Kier molecular flexibility index (Phi) is 6.43. The molecule has 0 aliphatic carbocycles. The Labute approximate surface area is 168 Å². The summed E-state index contributed by atoms with van der Waals surface area (Å²) in [4.78, 5) is 2.54. The Bertz CT molecular complexity index is 707. The van der Waals surface area contributed by atoms with Gasteiger partial charge in [-0.1, -0.05) is 60.7 Å². The summed E-state index contributed by atoms with van der Waals surface area (Å²) in [5, 5.41) is 11.2. The van der Waals surface area contributed by atoms with Gasteiger partial charge in [0.1, 0.15) is 0 Å². The molecule has 2 fully saturated rings. The number of ether oxygens (including phenoxy) is 2. The van der Waals surface area contributed by atoms with Gasteiger partial charge in [0.05, 0.1) is 25.4 Å². The first-order valence-electron chi connectivity index (χ1n) is 10.4. The number of hydrogen-bond acceptors (Lipinski definition) is 4. The minimum atomic E-state index is -0.595. The molecular weight excluding hydrogens is 350 g/mol. The number of nitrogens with zero attached hydrogens (tertiary/aromatic N) is 1. The second-order valence-electron chi connectivity index (χ2n) is 8.28. The predicted octanol–water partition coefficient (Wildman–Crippen LogP) is 3.78. The zero-order valence-corrected chi connectivity index (χ0v) is 16.5. The van der Waals surface area contributed by atoms with Crippen molar-refractivity contribution in [2.24, 2.45) is 0 Å². The van der Waals surface area contributed by atoms with Crippen molar-refractivity contribution in [2.75, 3.05) is 19.8 Å². The second-order valence-corrected chi connectivity index (χ2v) is 8.28. The maximum atomic E-state index is 11.2. The molecule has 2 saturated heterocycles. The van der Waals surface area contributed by atoms with E-state index in [0.29, 0.717) is 25.3 Å². The highest BCUT2D eigenvalue weighted by molar-refractivity contribution is 5.16. The van der Waals surface area contributed by atoms with E-state index in [1.54, 1.807) is 0 Å². The molecule has 2 aliphatic rings. The summed E-state index contributed by atoms with van der Waals surface area (Å²) in [7, 11) is 0. The monoisotopic (exact) mass is 381 g/mol. The van der Waals surface area contributed by atoms with E-state index in [-0.39, 0.29) is 0 Å². The van der Waals surface area contributed by atoms with E-state index in [1.807, 2.05) is 18.2 Å². The summed E-state index contributed by atoms with van der Waals surface area (Å²) in [6, 6.07) is 21.4. The average Bonchev–Trinajstić information content (AvgIpc) is 2.70. The van der Waals surface area contributed by atoms with Crippen LogP contribution in [-0.4, -0.2) is 47.5 Å². The number of aliphatic hydroxyl groups is 1. The van der Waals surface area contributed by atoms with Gasteiger partial charge in [-0.25, -0.2) is 0 Å². The largest absolute Gasteiger partial charge is 0.390 e. The van der Waals surface area contributed by atoms with Gasteiger partial charge in [-0.2, -0.15) is 0 Å². The third kappa shape index (κ3) is 5.00. The fourth-order valence-corrected chi connectivity index (χ4v) is 4.67. The molecule has 2 bridgehead atoms. The van der Waals surface area contributed by atoms with Gasteiger partial charge >= 0.3 is 0 Å². The van der Waals surface area contributed by atoms with Gasteiger partial charge in [0.25, 0.3) is 0 Å². The van der Waals surface area contributed by atoms with Crippen LogP contribution in [0.4, 0.5) is 0 Å². The van der Waals surface area contributed by atoms with Gasteiger partial charge in [0.15, 0.2) is 0 Å². The molecule has 2 atom stereocenters. The molecule has 28 heavy (non-hydrogen) atoms. The molecule has 2 heterocycles. The van der Waals surface area contributed by atoms with Crippen molar-refractivity contribution < 1.29 is 14.6 Å². The van der Waals surface area contributed by atoms with E-state index in [4.69, 9.17) is 9.47 Å². The summed E-state index contributed by atoms with van der Waals surface area (Å²) >= 11 is 0. The van der Waals surface area contributed by atoms with Gasteiger partial charge in [0, 0.05) is 25.2 Å². The molecule has 2 unspecified atom stereocenters. The molecule has 2 aromatic rings. The number of hydrogen-bond donors (Lipinski definition) is 1. The molecule has 0 spiro atoms. The van der Waals surface area contributed by atoms with E-state index in [0.717, 1.165) is 45.4 Å². The summed E-state index contributed by atoms with van der Waals surface area (Å²) in [6.07, 6.45) is 3.26. The fraction of sp³-hybridized carbons (Fsp3) is 0.500. The van der Waals surface area contributed by atoms with Gasteiger partial charge in [0.2, 0.25) is 0 Å². The summed E-state index contributed by atoms with van der Waals surface area (Å²) in [6.45, 7) is 3.71. The van der Waals surface area contributed by atoms with Crippen LogP contribution in [0.2, 0.25) is 0 Å². The van der Waals surface area contributed by atoms with Crippen LogP contribution >= 0.6 is 0 Å². The first kappa shape index (κ1) is 19.6. The topological polar surface area (TPSA) is 41.9 Å². The van der Waals surface area contributed by atoms with Crippen molar-refractivity contribution in [1.29, 1.82) is 0 Å². The first-order chi connectivity index (χ1) is 13.7. The van der Waals surface area contributed by atoms with E-state index in [2.05, 4.69) is 47.4 Å². The van der Waals surface area contributed by atoms with Crippen molar-refractivity contribution in [2.45, 2.75) is 56.5 Å². The molecule has 4 rings (SSSR count). The lowest BCUT2D eigenvalue weighted by molar-refractivity contribution is -0.149. The van der Waals surface area contributed by atoms with Gasteiger partial charge in [-0.15, -0.1) is 0 Å². The lowest BCUT2D eigenvalue weighted by Crippen LogP contribution is -2.61. The Morgan fingerprint density at radius 2 is 1.54 bits per heavy atom. The SMILES string of the molecule is OC1(CCCOCc2ccccc2)CC2COCC(C1)N2Cc1ccccc1. The van der Waals surface area contributed by atoms with Crippen LogP contribution in [0.15, 0.2) is 60.7 Å². The third-order valence-corrected chi connectivity index (χ3v) is 6.04. The molecule has 0 radical (unpaired) electrons. The second kappa shape index (κ2) is 9.19. The highest BCUT2D eigenvalue weighted by Crippen LogP contribution is 2.38. The first-order valence-corrected chi connectivity index (χ1v) is 10.4. The van der Waals surface area contributed by atoms with Crippen molar-refractivity contribution in [3.05, 3.63) is 71.8 Å². The third-order valence-electron chi connectivity index (χ3n) is 6.04. The van der Waals surface area contributed by atoms with Crippen LogP contribution in [0.1, 0.15) is 36.8 Å². The lowest BCUT2D eigenvalue weighted by Gasteiger charge is -2.52. The predicted molar refractivity (Wildman–Crippen MR) is 110 cm³/mol. The summed E-state index contributed by atoms with van der Waals surface area (Å²) < 4.78 is 11.6. The van der Waals surface area contributed by atoms with E-state index in [1.165, 1.54) is 11.1 Å². The van der Waals surface area contributed by atoms with Crippen LogP contribution in [0.3, 0.4) is 0 Å². The maximum absolute atomic E-state index is 11.2. The number of piperidine rings is 1. The number of morpholine rings is 1. The highest BCUT2D eigenvalue weighted by Gasteiger charge is 2.45. The minimum Gasteiger partial charge on any atom is -0.390 e. The summed E-state index contributed by atoms with van der Waals surface area (Å²) in [5.41, 5.74) is 1.93. The van der Waals surface area contributed by atoms with Crippen LogP contribution in [0, 0.1) is 0 Å². The molecule has 0 amide bonds. The number of benzene rings is 2. The van der Waals surface area contributed by atoms with Crippen LogP contribution in [-0.2, 0) is 22.6 Å². The van der Waals surface area contributed by atoms with Crippen molar-refractivity contribution >= 4 is 0 Å². The molecule has 150 valence electrons. The van der Waals surface area contributed by atoms with Crippen LogP contribution < -0.4 is 0 Å². The average molecular weight is 382 g/mol. The van der Waals surface area contributed by atoms with E-state index < -0.39 is 5.60 Å². The van der Waals surface area contributed by atoms with E-state index >= 15 is 0 Å². The Hall–Kier alpha value is -1.72. The molecule has 1 N–H and O–H groups in total. The molecule has 0 aromatic heterocycles. The van der Waals surface area contributed by atoms with Crippen molar-refractivity contribution in [3.63, 3.8) is 0 Å². The molecule has 0 saturated carbocycles. The van der Waals surface area contributed by atoms with Crippen LogP contribution in [0.25, 0.3) is 0 Å². The molecular formula is C24H31NO3. The molecule has 4 nitrogen and oxygen atoms in total. The zero-order valence-electron chi connectivity index (χ0n) is 16.5. The molecule has 4 heteroatoms.